The predicted molar refractivity (Wildman–Crippen MR) is 61.7 cm³/mol. The molecule has 1 heterocycles. The maximum Gasteiger partial charge on any atom is 0.227 e. The second kappa shape index (κ2) is 4.72. The number of β-amino-alcohol motifs (C(OH)–C–C–N with tert-alkyl or cyclic N) is 1. The van der Waals surface area contributed by atoms with Crippen molar-refractivity contribution in [2.24, 2.45) is 17.6 Å². The van der Waals surface area contributed by atoms with E-state index in [-0.39, 0.29) is 24.0 Å². The average Bonchev–Trinajstić information content (AvgIpc) is 2.67. The van der Waals surface area contributed by atoms with E-state index in [0.717, 1.165) is 19.3 Å². The standard InChI is InChI=1S/C12H22N2O2/c1-8-2-3-11(13)10(6-8)12(16)14-5-4-9(15)7-14/h8-11,15H,2-7,13H2,1H3. The highest BCUT2D eigenvalue weighted by Gasteiger charge is 2.36. The number of aliphatic hydroxyl groups excluding tert-OH is 1. The van der Waals surface area contributed by atoms with Gasteiger partial charge >= 0.3 is 0 Å². The molecule has 4 nitrogen and oxygen atoms in total. The minimum Gasteiger partial charge on any atom is -0.391 e. The van der Waals surface area contributed by atoms with Crippen molar-refractivity contribution in [1.82, 2.24) is 4.90 Å². The van der Waals surface area contributed by atoms with Crippen LogP contribution < -0.4 is 5.73 Å². The number of hydrogen-bond acceptors (Lipinski definition) is 3. The fraction of sp³-hybridized carbons (Fsp3) is 0.917. The first-order valence-corrected chi connectivity index (χ1v) is 6.30. The minimum atomic E-state index is -0.332. The molecule has 2 aliphatic rings. The van der Waals surface area contributed by atoms with Gasteiger partial charge in [-0.15, -0.1) is 0 Å². The Morgan fingerprint density at radius 2 is 2.12 bits per heavy atom. The maximum atomic E-state index is 12.2. The van der Waals surface area contributed by atoms with E-state index in [4.69, 9.17) is 5.73 Å². The SMILES string of the molecule is CC1CCC(N)C(C(=O)N2CCC(O)C2)C1. The van der Waals surface area contributed by atoms with Crippen molar-refractivity contribution in [2.45, 2.75) is 44.8 Å². The van der Waals surface area contributed by atoms with Crippen molar-refractivity contribution >= 4 is 5.91 Å². The molecule has 0 aromatic carbocycles. The Bertz CT molecular complexity index is 270. The highest BCUT2D eigenvalue weighted by atomic mass is 16.3. The van der Waals surface area contributed by atoms with E-state index in [1.807, 2.05) is 0 Å². The van der Waals surface area contributed by atoms with Crippen LogP contribution in [0.2, 0.25) is 0 Å². The molecule has 4 atom stereocenters. The van der Waals surface area contributed by atoms with Gasteiger partial charge in [0.1, 0.15) is 0 Å². The number of carbonyl (C=O) groups is 1. The van der Waals surface area contributed by atoms with Gasteiger partial charge in [0.2, 0.25) is 5.91 Å². The molecule has 92 valence electrons. The number of amides is 1. The molecular weight excluding hydrogens is 204 g/mol. The van der Waals surface area contributed by atoms with Crippen molar-refractivity contribution < 1.29 is 9.90 Å². The quantitative estimate of drug-likeness (QED) is 0.677. The highest BCUT2D eigenvalue weighted by molar-refractivity contribution is 5.80. The van der Waals surface area contributed by atoms with Gasteiger partial charge in [-0.05, 0) is 31.6 Å². The molecule has 0 aromatic rings. The molecule has 3 N–H and O–H groups in total. The normalized spacial score (nSPS) is 40.1. The summed E-state index contributed by atoms with van der Waals surface area (Å²) in [5.41, 5.74) is 6.03. The first-order valence-electron chi connectivity index (χ1n) is 6.30. The van der Waals surface area contributed by atoms with Crippen molar-refractivity contribution in [2.75, 3.05) is 13.1 Å². The second-order valence-electron chi connectivity index (χ2n) is 5.42. The molecule has 4 unspecified atom stereocenters. The molecule has 4 heteroatoms. The van der Waals surface area contributed by atoms with Gasteiger partial charge in [0.15, 0.2) is 0 Å². The Kier molecular flexibility index (Phi) is 3.50. The summed E-state index contributed by atoms with van der Waals surface area (Å²) in [6, 6.07) is 0.0152. The van der Waals surface area contributed by atoms with Crippen LogP contribution in [0.5, 0.6) is 0 Å². The van der Waals surface area contributed by atoms with Gasteiger partial charge in [0, 0.05) is 19.1 Å². The molecule has 1 aliphatic heterocycles. The van der Waals surface area contributed by atoms with Gasteiger partial charge in [-0.25, -0.2) is 0 Å². The predicted octanol–water partition coefficient (Wildman–Crippen LogP) is 0.343. The molecule has 0 bridgehead atoms. The summed E-state index contributed by atoms with van der Waals surface area (Å²) in [7, 11) is 0. The average molecular weight is 226 g/mol. The molecule has 16 heavy (non-hydrogen) atoms. The van der Waals surface area contributed by atoms with E-state index in [1.165, 1.54) is 0 Å². The molecule has 0 aromatic heterocycles. The lowest BCUT2D eigenvalue weighted by Crippen LogP contribution is -2.46. The Hall–Kier alpha value is -0.610. The van der Waals surface area contributed by atoms with Crippen molar-refractivity contribution in [1.29, 1.82) is 0 Å². The van der Waals surface area contributed by atoms with Crippen molar-refractivity contribution in [3.8, 4) is 0 Å². The summed E-state index contributed by atoms with van der Waals surface area (Å²) in [6.07, 6.45) is 3.37. The van der Waals surface area contributed by atoms with Crippen LogP contribution in [-0.4, -0.2) is 41.1 Å². The van der Waals surface area contributed by atoms with Crippen LogP contribution in [0.1, 0.15) is 32.6 Å². The molecule has 1 saturated carbocycles. The first-order chi connectivity index (χ1) is 7.58. The topological polar surface area (TPSA) is 66.6 Å². The molecule has 1 amide bonds. The molecule has 1 aliphatic carbocycles. The van der Waals surface area contributed by atoms with Gasteiger partial charge in [-0.1, -0.05) is 6.92 Å². The van der Waals surface area contributed by atoms with Gasteiger partial charge in [0.25, 0.3) is 0 Å². The van der Waals surface area contributed by atoms with Crippen molar-refractivity contribution in [3.63, 3.8) is 0 Å². The minimum absolute atomic E-state index is 0.0152. The third-order valence-electron chi connectivity index (χ3n) is 3.96. The Labute approximate surface area is 96.8 Å². The van der Waals surface area contributed by atoms with Crippen molar-refractivity contribution in [3.05, 3.63) is 0 Å². The zero-order chi connectivity index (χ0) is 11.7. The summed E-state index contributed by atoms with van der Waals surface area (Å²) < 4.78 is 0. The lowest BCUT2D eigenvalue weighted by molar-refractivity contribution is -0.136. The van der Waals surface area contributed by atoms with Crippen LogP contribution in [0.15, 0.2) is 0 Å². The lowest BCUT2D eigenvalue weighted by atomic mass is 9.78. The summed E-state index contributed by atoms with van der Waals surface area (Å²) in [6.45, 7) is 3.37. The fourth-order valence-corrected chi connectivity index (χ4v) is 2.86. The molecular formula is C12H22N2O2. The summed E-state index contributed by atoms with van der Waals surface area (Å²) in [5, 5.41) is 9.44. The smallest absolute Gasteiger partial charge is 0.227 e. The first kappa shape index (κ1) is 11.9. The van der Waals surface area contributed by atoms with E-state index < -0.39 is 0 Å². The van der Waals surface area contributed by atoms with Gasteiger partial charge in [-0.2, -0.15) is 0 Å². The van der Waals surface area contributed by atoms with Gasteiger partial charge in [-0.3, -0.25) is 4.79 Å². The van der Waals surface area contributed by atoms with Crippen LogP contribution >= 0.6 is 0 Å². The number of rotatable bonds is 1. The third-order valence-corrected chi connectivity index (χ3v) is 3.96. The number of aliphatic hydroxyl groups is 1. The monoisotopic (exact) mass is 226 g/mol. The molecule has 2 rings (SSSR count). The van der Waals surface area contributed by atoms with Crippen LogP contribution in [0.25, 0.3) is 0 Å². The van der Waals surface area contributed by atoms with E-state index in [0.29, 0.717) is 25.4 Å². The summed E-state index contributed by atoms with van der Waals surface area (Å²) in [4.78, 5) is 14.0. The van der Waals surface area contributed by atoms with E-state index in [2.05, 4.69) is 6.92 Å². The Morgan fingerprint density at radius 1 is 1.38 bits per heavy atom. The van der Waals surface area contributed by atoms with E-state index in [9.17, 15) is 9.90 Å². The lowest BCUT2D eigenvalue weighted by Gasteiger charge is -2.34. The molecule has 2 fully saturated rings. The number of nitrogens with zero attached hydrogens (tertiary/aromatic N) is 1. The summed E-state index contributed by atoms with van der Waals surface area (Å²) >= 11 is 0. The number of nitrogens with two attached hydrogens (primary N) is 1. The highest BCUT2D eigenvalue weighted by Crippen LogP contribution is 2.30. The number of hydrogen-bond donors (Lipinski definition) is 2. The van der Waals surface area contributed by atoms with Gasteiger partial charge in [0.05, 0.1) is 12.0 Å². The largest absolute Gasteiger partial charge is 0.391 e. The molecule has 0 radical (unpaired) electrons. The zero-order valence-electron chi connectivity index (χ0n) is 9.93. The van der Waals surface area contributed by atoms with Crippen LogP contribution in [0.3, 0.4) is 0 Å². The van der Waals surface area contributed by atoms with E-state index in [1.54, 1.807) is 4.90 Å². The second-order valence-corrected chi connectivity index (χ2v) is 5.42. The van der Waals surface area contributed by atoms with Crippen LogP contribution in [0, 0.1) is 11.8 Å². The number of carbonyl (C=O) groups excluding carboxylic acids is 1. The molecule has 0 spiro atoms. The zero-order valence-corrected chi connectivity index (χ0v) is 9.93. The summed E-state index contributed by atoms with van der Waals surface area (Å²) in [5.74, 6) is 0.742. The third kappa shape index (κ3) is 2.38. The van der Waals surface area contributed by atoms with Crippen LogP contribution in [0.4, 0.5) is 0 Å². The van der Waals surface area contributed by atoms with Gasteiger partial charge < -0.3 is 15.7 Å². The molecule has 1 saturated heterocycles. The maximum absolute atomic E-state index is 12.2. The fourth-order valence-electron chi connectivity index (χ4n) is 2.86. The number of likely N-dealkylation sites (tertiary alicyclic amines) is 1. The van der Waals surface area contributed by atoms with E-state index >= 15 is 0 Å². The Morgan fingerprint density at radius 3 is 2.75 bits per heavy atom. The Balaban J connectivity index is 1.97. The van der Waals surface area contributed by atoms with Crippen LogP contribution in [-0.2, 0) is 4.79 Å².